The van der Waals surface area contributed by atoms with Crippen LogP contribution in [0, 0.1) is 12.7 Å². The van der Waals surface area contributed by atoms with E-state index in [4.69, 9.17) is 4.42 Å². The molecule has 7 heteroatoms. The van der Waals surface area contributed by atoms with Crippen LogP contribution < -0.4 is 5.32 Å². The van der Waals surface area contributed by atoms with Crippen molar-refractivity contribution in [3.8, 4) is 0 Å². The van der Waals surface area contributed by atoms with Gasteiger partial charge in [0.25, 0.3) is 0 Å². The number of nitrogens with one attached hydrogen (secondary N) is 1. The first-order valence-corrected chi connectivity index (χ1v) is 6.67. The molecule has 2 aromatic heterocycles. The van der Waals surface area contributed by atoms with Crippen molar-refractivity contribution in [3.05, 3.63) is 41.2 Å². The molecule has 0 saturated heterocycles. The molecule has 3 rings (SSSR count). The van der Waals surface area contributed by atoms with Gasteiger partial charge in [0, 0.05) is 17.4 Å². The van der Waals surface area contributed by atoms with Crippen LogP contribution in [0.4, 0.5) is 4.39 Å². The zero-order chi connectivity index (χ0) is 15.0. The van der Waals surface area contributed by atoms with Crippen molar-refractivity contribution in [1.29, 1.82) is 0 Å². The summed E-state index contributed by atoms with van der Waals surface area (Å²) in [7, 11) is 3.56. The minimum absolute atomic E-state index is 0.0929. The van der Waals surface area contributed by atoms with Crippen LogP contribution in [0.25, 0.3) is 11.0 Å². The Kier molecular flexibility index (Phi) is 3.42. The molecule has 1 unspecified atom stereocenters. The van der Waals surface area contributed by atoms with Crippen molar-refractivity contribution in [3.63, 3.8) is 0 Å². The number of hydrogen-bond acceptors (Lipinski definition) is 5. The second-order valence-corrected chi connectivity index (χ2v) is 4.97. The minimum atomic E-state index is -0.269. The maximum Gasteiger partial charge on any atom is 0.176 e. The molecule has 2 heterocycles. The predicted octanol–water partition coefficient (Wildman–Crippen LogP) is 1.91. The van der Waals surface area contributed by atoms with Crippen LogP contribution in [0.2, 0.25) is 0 Å². The molecule has 6 nitrogen and oxygen atoms in total. The lowest BCUT2D eigenvalue weighted by Crippen LogP contribution is -2.19. The molecule has 0 bridgehead atoms. The predicted molar refractivity (Wildman–Crippen MR) is 75.2 cm³/mol. The normalized spacial score (nSPS) is 13.0. The number of aromatic nitrogens is 4. The van der Waals surface area contributed by atoms with Crippen molar-refractivity contribution < 1.29 is 8.81 Å². The number of likely N-dealkylation sites (N-methyl/N-ethyl adjacent to an activating group) is 1. The number of fused-ring (bicyclic) bond motifs is 1. The number of furan rings is 1. The molecule has 21 heavy (non-hydrogen) atoms. The Bertz CT molecular complexity index is 779. The molecule has 0 fully saturated rings. The van der Waals surface area contributed by atoms with Gasteiger partial charge in [-0.3, -0.25) is 0 Å². The molecule has 0 aliphatic rings. The van der Waals surface area contributed by atoms with Gasteiger partial charge in [-0.1, -0.05) is 0 Å². The number of aryl methyl sites for hydroxylation is 2. The largest absolute Gasteiger partial charge is 0.459 e. The number of tetrazole rings is 1. The first-order valence-electron chi connectivity index (χ1n) is 6.67. The summed E-state index contributed by atoms with van der Waals surface area (Å²) in [6.45, 7) is 1.93. The summed E-state index contributed by atoms with van der Waals surface area (Å²) < 4.78 is 19.2. The van der Waals surface area contributed by atoms with Crippen LogP contribution in [-0.2, 0) is 13.5 Å². The summed E-state index contributed by atoms with van der Waals surface area (Å²) >= 11 is 0. The second-order valence-electron chi connectivity index (χ2n) is 4.97. The Hall–Kier alpha value is -2.28. The van der Waals surface area contributed by atoms with Crippen molar-refractivity contribution in [2.45, 2.75) is 19.4 Å². The number of nitrogens with zero attached hydrogens (tertiary/aromatic N) is 4. The van der Waals surface area contributed by atoms with E-state index in [0.717, 1.165) is 16.7 Å². The lowest BCUT2D eigenvalue weighted by Gasteiger charge is -2.12. The van der Waals surface area contributed by atoms with E-state index >= 15 is 0 Å². The average molecular weight is 289 g/mol. The average Bonchev–Trinajstić information content (AvgIpc) is 3.01. The number of halogens is 1. The van der Waals surface area contributed by atoms with Gasteiger partial charge in [0.2, 0.25) is 0 Å². The van der Waals surface area contributed by atoms with Gasteiger partial charge in [-0.2, -0.15) is 4.80 Å². The number of rotatable bonds is 4. The van der Waals surface area contributed by atoms with Crippen molar-refractivity contribution in [2.75, 3.05) is 7.05 Å². The van der Waals surface area contributed by atoms with Crippen LogP contribution in [0.1, 0.15) is 23.2 Å². The second kappa shape index (κ2) is 5.25. The van der Waals surface area contributed by atoms with Gasteiger partial charge in [0.1, 0.15) is 17.2 Å². The highest BCUT2D eigenvalue weighted by molar-refractivity contribution is 5.82. The molecule has 1 aromatic carbocycles. The molecular weight excluding hydrogens is 273 g/mol. The van der Waals surface area contributed by atoms with Gasteiger partial charge in [0.05, 0.1) is 13.1 Å². The van der Waals surface area contributed by atoms with Crippen molar-refractivity contribution in [1.82, 2.24) is 25.5 Å². The highest BCUT2D eigenvalue weighted by Crippen LogP contribution is 2.31. The Morgan fingerprint density at radius 1 is 1.43 bits per heavy atom. The van der Waals surface area contributed by atoms with Gasteiger partial charge in [-0.05, 0) is 37.4 Å². The zero-order valence-electron chi connectivity index (χ0n) is 12.1. The third-order valence-electron chi connectivity index (χ3n) is 3.54. The molecule has 0 amide bonds. The molecule has 0 saturated carbocycles. The van der Waals surface area contributed by atoms with E-state index < -0.39 is 0 Å². The minimum Gasteiger partial charge on any atom is -0.459 e. The summed E-state index contributed by atoms with van der Waals surface area (Å²) in [4.78, 5) is 1.42. The lowest BCUT2D eigenvalue weighted by atomic mass is 10.1. The smallest absolute Gasteiger partial charge is 0.176 e. The topological polar surface area (TPSA) is 68.8 Å². The molecule has 0 aliphatic carbocycles. The van der Waals surface area contributed by atoms with Crippen LogP contribution in [0.15, 0.2) is 22.6 Å². The SMILES string of the molecule is CNC(Cc1nnn(C)n1)c1oc2ccc(F)cc2c1C. The fourth-order valence-corrected chi connectivity index (χ4v) is 2.46. The molecule has 1 atom stereocenters. The van der Waals surface area contributed by atoms with E-state index in [0.29, 0.717) is 17.8 Å². The Balaban J connectivity index is 1.98. The highest BCUT2D eigenvalue weighted by atomic mass is 19.1. The Morgan fingerprint density at radius 3 is 2.90 bits per heavy atom. The van der Waals surface area contributed by atoms with E-state index in [9.17, 15) is 4.39 Å². The molecular formula is C14H16FN5O. The lowest BCUT2D eigenvalue weighted by molar-refractivity contribution is 0.441. The summed E-state index contributed by atoms with van der Waals surface area (Å²) in [5.41, 5.74) is 1.60. The first kappa shape index (κ1) is 13.7. The maximum absolute atomic E-state index is 13.4. The first-order chi connectivity index (χ1) is 10.1. The Morgan fingerprint density at radius 2 is 2.24 bits per heavy atom. The van der Waals surface area contributed by atoms with E-state index in [-0.39, 0.29) is 11.9 Å². The monoisotopic (exact) mass is 289 g/mol. The van der Waals surface area contributed by atoms with E-state index in [1.807, 2.05) is 14.0 Å². The standard InChI is InChI=1S/C14H16FN5O/c1-8-10-6-9(15)4-5-12(10)21-14(8)11(16-2)7-13-17-19-20(3)18-13/h4-6,11,16H,7H2,1-3H3. The third-order valence-corrected chi connectivity index (χ3v) is 3.54. The quantitative estimate of drug-likeness (QED) is 0.794. The fraction of sp³-hybridized carbons (Fsp3) is 0.357. The third kappa shape index (κ3) is 2.52. The van der Waals surface area contributed by atoms with E-state index in [1.54, 1.807) is 13.1 Å². The zero-order valence-corrected chi connectivity index (χ0v) is 12.1. The number of benzene rings is 1. The number of hydrogen-bond donors (Lipinski definition) is 1. The van der Waals surface area contributed by atoms with Crippen molar-refractivity contribution >= 4 is 11.0 Å². The summed E-state index contributed by atoms with van der Waals surface area (Å²) in [5, 5.41) is 16.0. The summed E-state index contributed by atoms with van der Waals surface area (Å²) in [6, 6.07) is 4.44. The van der Waals surface area contributed by atoms with Crippen LogP contribution >= 0.6 is 0 Å². The highest BCUT2D eigenvalue weighted by Gasteiger charge is 2.21. The molecule has 0 spiro atoms. The van der Waals surface area contributed by atoms with Crippen LogP contribution in [0.3, 0.4) is 0 Å². The van der Waals surface area contributed by atoms with Gasteiger partial charge in [0.15, 0.2) is 5.82 Å². The molecule has 1 N–H and O–H groups in total. The maximum atomic E-state index is 13.4. The molecule has 0 radical (unpaired) electrons. The van der Waals surface area contributed by atoms with Crippen LogP contribution in [0.5, 0.6) is 0 Å². The summed E-state index contributed by atoms with van der Waals surface area (Å²) in [6.07, 6.45) is 0.549. The van der Waals surface area contributed by atoms with Gasteiger partial charge < -0.3 is 9.73 Å². The van der Waals surface area contributed by atoms with Gasteiger partial charge in [-0.25, -0.2) is 4.39 Å². The Labute approximate surface area is 120 Å². The van der Waals surface area contributed by atoms with Gasteiger partial charge >= 0.3 is 0 Å². The molecule has 110 valence electrons. The fourth-order valence-electron chi connectivity index (χ4n) is 2.46. The summed E-state index contributed by atoms with van der Waals surface area (Å²) in [5.74, 6) is 1.13. The molecule has 0 aliphatic heterocycles. The molecule has 3 aromatic rings. The van der Waals surface area contributed by atoms with Crippen LogP contribution in [-0.4, -0.2) is 27.3 Å². The van der Waals surface area contributed by atoms with Gasteiger partial charge in [-0.15, -0.1) is 10.2 Å². The van der Waals surface area contributed by atoms with E-state index in [1.165, 1.54) is 16.9 Å². The van der Waals surface area contributed by atoms with E-state index in [2.05, 4.69) is 20.7 Å². The van der Waals surface area contributed by atoms with Crippen molar-refractivity contribution in [2.24, 2.45) is 7.05 Å².